The molecule has 0 saturated carbocycles. The molecule has 0 atom stereocenters. The Balaban J connectivity index is 3.23. The van der Waals surface area contributed by atoms with Crippen LogP contribution in [0.1, 0.15) is 30.9 Å². The van der Waals surface area contributed by atoms with Crippen molar-refractivity contribution in [2.24, 2.45) is 0 Å². The van der Waals surface area contributed by atoms with Crippen LogP contribution in [0.5, 0.6) is 5.75 Å². The molecule has 0 unspecified atom stereocenters. The number of aromatic hydroxyl groups is 1. The van der Waals surface area contributed by atoms with E-state index in [0.29, 0.717) is 5.56 Å². The predicted molar refractivity (Wildman–Crippen MR) is 47.0 cm³/mol. The van der Waals surface area contributed by atoms with E-state index >= 15 is 0 Å². The van der Waals surface area contributed by atoms with Crippen molar-refractivity contribution >= 4 is 0 Å². The molecule has 1 nitrogen and oxygen atoms in total. The molecule has 3 heteroatoms. The molecule has 0 aliphatic rings. The highest BCUT2D eigenvalue weighted by atomic mass is 19.1. The van der Waals surface area contributed by atoms with E-state index in [2.05, 4.69) is 0 Å². The smallest absolute Gasteiger partial charge is 0.170 e. The van der Waals surface area contributed by atoms with Crippen LogP contribution in [0.15, 0.2) is 12.1 Å². The fraction of sp³-hybridized carbons (Fsp3) is 0.400. The maximum Gasteiger partial charge on any atom is 0.170 e. The van der Waals surface area contributed by atoms with Crippen LogP contribution in [0, 0.1) is 5.82 Å². The number of benzene rings is 1. The Kier molecular flexibility index (Phi) is 2.86. The lowest BCUT2D eigenvalue weighted by atomic mass is 10.00. The van der Waals surface area contributed by atoms with Gasteiger partial charge in [-0.25, -0.2) is 8.78 Å². The number of hydrogen-bond acceptors (Lipinski definition) is 1. The molecule has 1 aromatic rings. The van der Waals surface area contributed by atoms with Gasteiger partial charge in [-0.3, -0.25) is 0 Å². The lowest BCUT2D eigenvalue weighted by Crippen LogP contribution is -1.94. The summed E-state index contributed by atoms with van der Waals surface area (Å²) in [5.41, 5.74) is 0.414. The van der Waals surface area contributed by atoms with Crippen LogP contribution in [0.2, 0.25) is 0 Å². The second-order valence-electron chi connectivity index (χ2n) is 3.26. The standard InChI is InChI=1S/C10H12F2O/c1-6(2)8-4-3-7(5-11)9(12)10(8)13/h3-4,6,13H,5H2,1-2H3. The minimum absolute atomic E-state index is 0.0307. The molecule has 13 heavy (non-hydrogen) atoms. The summed E-state index contributed by atoms with van der Waals surface area (Å²) < 4.78 is 25.3. The third kappa shape index (κ3) is 1.79. The fourth-order valence-corrected chi connectivity index (χ4v) is 1.19. The lowest BCUT2D eigenvalue weighted by molar-refractivity contribution is 0.404. The minimum atomic E-state index is -0.891. The molecule has 1 aromatic carbocycles. The van der Waals surface area contributed by atoms with Crippen LogP contribution in [0.3, 0.4) is 0 Å². The topological polar surface area (TPSA) is 20.2 Å². The van der Waals surface area contributed by atoms with Gasteiger partial charge >= 0.3 is 0 Å². The largest absolute Gasteiger partial charge is 0.505 e. The maximum absolute atomic E-state index is 13.1. The monoisotopic (exact) mass is 186 g/mol. The van der Waals surface area contributed by atoms with Gasteiger partial charge < -0.3 is 5.11 Å². The van der Waals surface area contributed by atoms with Crippen LogP contribution in [0.25, 0.3) is 0 Å². The summed E-state index contributed by atoms with van der Waals surface area (Å²) in [5, 5.41) is 9.34. The number of phenolic OH excluding ortho intramolecular Hbond substituents is 1. The van der Waals surface area contributed by atoms with Gasteiger partial charge in [0, 0.05) is 5.56 Å². The van der Waals surface area contributed by atoms with Gasteiger partial charge in [-0.05, 0) is 11.5 Å². The fourth-order valence-electron chi connectivity index (χ4n) is 1.19. The molecule has 0 spiro atoms. The average molecular weight is 186 g/mol. The Morgan fingerprint density at radius 2 is 2.00 bits per heavy atom. The Hall–Kier alpha value is -1.12. The number of phenols is 1. The highest BCUT2D eigenvalue weighted by molar-refractivity contribution is 5.39. The van der Waals surface area contributed by atoms with E-state index in [9.17, 15) is 13.9 Å². The van der Waals surface area contributed by atoms with Crippen molar-refractivity contribution in [2.45, 2.75) is 26.4 Å². The van der Waals surface area contributed by atoms with Gasteiger partial charge in [0.2, 0.25) is 0 Å². The molecule has 0 heterocycles. The van der Waals surface area contributed by atoms with Crippen molar-refractivity contribution in [3.8, 4) is 5.75 Å². The number of rotatable bonds is 2. The SMILES string of the molecule is CC(C)c1ccc(CF)c(F)c1O. The Bertz CT molecular complexity index is 308. The van der Waals surface area contributed by atoms with E-state index in [1.165, 1.54) is 6.07 Å². The average Bonchev–Trinajstić information content (AvgIpc) is 2.09. The van der Waals surface area contributed by atoms with Crippen molar-refractivity contribution in [1.29, 1.82) is 0 Å². The summed E-state index contributed by atoms with van der Waals surface area (Å²) in [5.74, 6) is -1.23. The molecule has 1 N–H and O–H groups in total. The molecule has 0 aliphatic heterocycles. The number of alkyl halides is 1. The van der Waals surface area contributed by atoms with Gasteiger partial charge in [-0.2, -0.15) is 0 Å². The van der Waals surface area contributed by atoms with E-state index in [-0.39, 0.29) is 11.5 Å². The highest BCUT2D eigenvalue weighted by Crippen LogP contribution is 2.30. The molecular formula is C10H12F2O. The zero-order chi connectivity index (χ0) is 10.0. The van der Waals surface area contributed by atoms with Gasteiger partial charge in [0.1, 0.15) is 6.67 Å². The molecule has 0 bridgehead atoms. The third-order valence-corrected chi connectivity index (χ3v) is 1.99. The molecule has 0 radical (unpaired) electrons. The Labute approximate surface area is 76.0 Å². The quantitative estimate of drug-likeness (QED) is 0.752. The van der Waals surface area contributed by atoms with Crippen molar-refractivity contribution < 1.29 is 13.9 Å². The first kappa shape index (κ1) is 9.96. The normalized spacial score (nSPS) is 10.8. The van der Waals surface area contributed by atoms with Crippen LogP contribution >= 0.6 is 0 Å². The van der Waals surface area contributed by atoms with E-state index in [4.69, 9.17) is 0 Å². The van der Waals surface area contributed by atoms with Crippen LogP contribution in [-0.2, 0) is 6.67 Å². The molecule has 0 amide bonds. The van der Waals surface area contributed by atoms with E-state index in [1.54, 1.807) is 6.07 Å². The summed E-state index contributed by atoms with van der Waals surface area (Å²) in [4.78, 5) is 0. The van der Waals surface area contributed by atoms with Gasteiger partial charge in [0.05, 0.1) is 0 Å². The maximum atomic E-state index is 13.1. The third-order valence-electron chi connectivity index (χ3n) is 1.99. The summed E-state index contributed by atoms with van der Waals surface area (Å²) in [7, 11) is 0. The second kappa shape index (κ2) is 3.73. The molecule has 0 saturated heterocycles. The molecule has 72 valence electrons. The van der Waals surface area contributed by atoms with E-state index < -0.39 is 18.2 Å². The zero-order valence-corrected chi connectivity index (χ0v) is 7.64. The van der Waals surface area contributed by atoms with Crippen LogP contribution in [0.4, 0.5) is 8.78 Å². The van der Waals surface area contributed by atoms with Gasteiger partial charge in [0.25, 0.3) is 0 Å². The summed E-state index contributed by atoms with van der Waals surface area (Å²) in [6, 6.07) is 2.92. The summed E-state index contributed by atoms with van der Waals surface area (Å²) >= 11 is 0. The first-order valence-corrected chi connectivity index (χ1v) is 4.14. The minimum Gasteiger partial charge on any atom is -0.505 e. The Morgan fingerprint density at radius 1 is 1.38 bits per heavy atom. The molecule has 1 rings (SSSR count). The molecule has 0 aromatic heterocycles. The predicted octanol–water partition coefficient (Wildman–Crippen LogP) is 3.12. The van der Waals surface area contributed by atoms with Gasteiger partial charge in [-0.1, -0.05) is 26.0 Å². The van der Waals surface area contributed by atoms with Gasteiger partial charge in [-0.15, -0.1) is 0 Å². The highest BCUT2D eigenvalue weighted by Gasteiger charge is 2.13. The first-order valence-electron chi connectivity index (χ1n) is 4.14. The first-order chi connectivity index (χ1) is 6.07. The van der Waals surface area contributed by atoms with Crippen molar-refractivity contribution in [3.63, 3.8) is 0 Å². The Morgan fingerprint density at radius 3 is 2.46 bits per heavy atom. The second-order valence-corrected chi connectivity index (χ2v) is 3.26. The zero-order valence-electron chi connectivity index (χ0n) is 7.64. The summed E-state index contributed by atoms with van der Waals surface area (Å²) in [6.45, 7) is 2.78. The molecule has 0 fully saturated rings. The van der Waals surface area contributed by atoms with Crippen LogP contribution < -0.4 is 0 Å². The van der Waals surface area contributed by atoms with Crippen molar-refractivity contribution in [2.75, 3.05) is 0 Å². The number of hydrogen-bond donors (Lipinski definition) is 1. The number of halogens is 2. The molecule has 0 aliphatic carbocycles. The van der Waals surface area contributed by atoms with E-state index in [0.717, 1.165) is 0 Å². The van der Waals surface area contributed by atoms with Gasteiger partial charge in [0.15, 0.2) is 11.6 Å². The van der Waals surface area contributed by atoms with Crippen molar-refractivity contribution in [3.05, 3.63) is 29.1 Å². The van der Waals surface area contributed by atoms with Crippen LogP contribution in [-0.4, -0.2) is 5.11 Å². The lowest BCUT2D eigenvalue weighted by Gasteiger charge is -2.10. The molecular weight excluding hydrogens is 174 g/mol. The van der Waals surface area contributed by atoms with Crippen molar-refractivity contribution in [1.82, 2.24) is 0 Å². The van der Waals surface area contributed by atoms with E-state index in [1.807, 2.05) is 13.8 Å². The summed E-state index contributed by atoms with van der Waals surface area (Å²) in [6.07, 6.45) is 0.